The van der Waals surface area contributed by atoms with Gasteiger partial charge >= 0.3 is 5.97 Å². The number of aliphatic carboxylic acids is 1. The number of carboxylic acids is 1. The molecule has 1 heterocycles. The third kappa shape index (κ3) is 4.02. The maximum absolute atomic E-state index is 10.5. The Morgan fingerprint density at radius 3 is 2.54 bits per heavy atom. The molecule has 24 heavy (non-hydrogen) atoms. The maximum atomic E-state index is 10.5. The molecule has 0 saturated carbocycles. The molecule has 0 unspecified atom stereocenters. The van der Waals surface area contributed by atoms with Crippen LogP contribution in [0.1, 0.15) is 5.56 Å². The fraction of sp³-hybridized carbons (Fsp3) is 0.400. The highest BCUT2D eigenvalue weighted by Crippen LogP contribution is 2.31. The van der Waals surface area contributed by atoms with E-state index >= 15 is 0 Å². The minimum Gasteiger partial charge on any atom is -0.504 e. The standard InChI is InChI=1S/C15H18O9/c16-6-10-12(20)13(21)14(22)15(24-10)23-9-5-7(1-3-8(9)17)2-4-11(18)19/h1-5,10,12-17,20-22H,6H2,(H,18,19)/b4-2+/t10-,12-,13+,14-,15+/m1/s1. The number of hydrogen-bond donors (Lipinski definition) is 6. The van der Waals surface area contributed by atoms with Crippen LogP contribution in [0.2, 0.25) is 0 Å². The summed E-state index contributed by atoms with van der Waals surface area (Å²) in [6.45, 7) is -0.613. The highest BCUT2D eigenvalue weighted by Gasteiger charge is 2.44. The number of aliphatic hydroxyl groups is 4. The molecule has 1 aliphatic rings. The number of benzene rings is 1. The van der Waals surface area contributed by atoms with Crippen LogP contribution < -0.4 is 4.74 Å². The number of ether oxygens (including phenoxy) is 2. The van der Waals surface area contributed by atoms with E-state index in [1.54, 1.807) is 0 Å². The van der Waals surface area contributed by atoms with Crippen LogP contribution in [0.25, 0.3) is 6.08 Å². The lowest BCUT2D eigenvalue weighted by molar-refractivity contribution is -0.277. The number of carboxylic acid groups (broad SMARTS) is 1. The van der Waals surface area contributed by atoms with Crippen molar-refractivity contribution in [2.45, 2.75) is 30.7 Å². The second-order valence-electron chi connectivity index (χ2n) is 5.21. The summed E-state index contributed by atoms with van der Waals surface area (Å²) >= 11 is 0. The molecule has 0 aliphatic carbocycles. The maximum Gasteiger partial charge on any atom is 0.328 e. The summed E-state index contributed by atoms with van der Waals surface area (Å²) in [7, 11) is 0. The first-order valence-electron chi connectivity index (χ1n) is 7.04. The molecule has 1 aromatic rings. The summed E-state index contributed by atoms with van der Waals surface area (Å²) in [6.07, 6.45) is -5.20. The molecule has 132 valence electrons. The van der Waals surface area contributed by atoms with Crippen molar-refractivity contribution in [2.75, 3.05) is 6.61 Å². The average molecular weight is 342 g/mol. The zero-order valence-corrected chi connectivity index (χ0v) is 12.4. The van der Waals surface area contributed by atoms with Crippen LogP contribution in [0.3, 0.4) is 0 Å². The molecule has 9 nitrogen and oxygen atoms in total. The van der Waals surface area contributed by atoms with Crippen molar-refractivity contribution in [3.05, 3.63) is 29.8 Å². The minimum atomic E-state index is -1.62. The zero-order valence-electron chi connectivity index (χ0n) is 12.4. The first-order chi connectivity index (χ1) is 11.3. The van der Waals surface area contributed by atoms with E-state index < -0.39 is 43.3 Å². The Kier molecular flexibility index (Phi) is 5.75. The van der Waals surface area contributed by atoms with E-state index in [-0.39, 0.29) is 11.5 Å². The lowest BCUT2D eigenvalue weighted by Crippen LogP contribution is -2.60. The van der Waals surface area contributed by atoms with E-state index in [9.17, 15) is 25.2 Å². The largest absolute Gasteiger partial charge is 0.504 e. The Morgan fingerprint density at radius 1 is 1.21 bits per heavy atom. The number of carbonyl (C=O) groups is 1. The van der Waals surface area contributed by atoms with Gasteiger partial charge < -0.3 is 40.1 Å². The average Bonchev–Trinajstić information content (AvgIpc) is 2.55. The van der Waals surface area contributed by atoms with Gasteiger partial charge in [-0.3, -0.25) is 0 Å². The summed E-state index contributed by atoms with van der Waals surface area (Å²) in [5.41, 5.74) is 0.398. The Hall–Kier alpha value is -2.17. The normalized spacial score (nSPS) is 30.4. The molecule has 1 saturated heterocycles. The molecule has 6 N–H and O–H groups in total. The second-order valence-corrected chi connectivity index (χ2v) is 5.21. The molecule has 0 amide bonds. The molecule has 0 bridgehead atoms. The molecule has 0 radical (unpaired) electrons. The number of rotatable bonds is 5. The Labute approximate surface area is 136 Å². The van der Waals surface area contributed by atoms with Gasteiger partial charge in [-0.15, -0.1) is 0 Å². The SMILES string of the molecule is O=C(O)/C=C/c1ccc(O)c(O[C@H]2O[C@H](CO)[C@@H](O)[C@H](O)[C@H]2O)c1. The molecule has 2 rings (SSSR count). The topological polar surface area (TPSA) is 157 Å². The smallest absolute Gasteiger partial charge is 0.328 e. The van der Waals surface area contributed by atoms with Crippen molar-refractivity contribution in [2.24, 2.45) is 0 Å². The molecule has 0 aromatic heterocycles. The van der Waals surface area contributed by atoms with Crippen LogP contribution >= 0.6 is 0 Å². The van der Waals surface area contributed by atoms with E-state index in [0.717, 1.165) is 6.08 Å². The predicted molar refractivity (Wildman–Crippen MR) is 79.2 cm³/mol. The van der Waals surface area contributed by atoms with Gasteiger partial charge in [0.25, 0.3) is 0 Å². The van der Waals surface area contributed by atoms with Crippen molar-refractivity contribution in [3.63, 3.8) is 0 Å². The molecule has 1 aromatic carbocycles. The molecule has 1 aliphatic heterocycles. The highest BCUT2D eigenvalue weighted by atomic mass is 16.7. The Morgan fingerprint density at radius 2 is 1.92 bits per heavy atom. The van der Waals surface area contributed by atoms with Gasteiger partial charge in [0.2, 0.25) is 6.29 Å². The van der Waals surface area contributed by atoms with Crippen LogP contribution in [0, 0.1) is 0 Å². The predicted octanol–water partition coefficient (Wildman–Crippen LogP) is -1.33. The molecule has 9 heteroatoms. The Balaban J connectivity index is 2.20. The van der Waals surface area contributed by atoms with Crippen LogP contribution in [0.5, 0.6) is 11.5 Å². The third-order valence-corrected chi connectivity index (χ3v) is 3.49. The Bertz CT molecular complexity index is 613. The van der Waals surface area contributed by atoms with E-state index in [4.69, 9.17) is 19.7 Å². The van der Waals surface area contributed by atoms with Gasteiger partial charge in [-0.1, -0.05) is 6.07 Å². The first kappa shape index (κ1) is 18.2. The molecule has 5 atom stereocenters. The monoisotopic (exact) mass is 342 g/mol. The van der Waals surface area contributed by atoms with Crippen LogP contribution in [0.15, 0.2) is 24.3 Å². The van der Waals surface area contributed by atoms with E-state index in [1.807, 2.05) is 0 Å². The van der Waals surface area contributed by atoms with Gasteiger partial charge in [0.15, 0.2) is 11.5 Å². The summed E-state index contributed by atoms with van der Waals surface area (Å²) in [5, 5.41) is 56.8. The van der Waals surface area contributed by atoms with Crippen LogP contribution in [-0.2, 0) is 9.53 Å². The van der Waals surface area contributed by atoms with Crippen LogP contribution in [0.4, 0.5) is 0 Å². The number of aromatic hydroxyl groups is 1. The van der Waals surface area contributed by atoms with Crippen molar-refractivity contribution in [1.29, 1.82) is 0 Å². The minimum absolute atomic E-state index is 0.133. The molecular weight excluding hydrogens is 324 g/mol. The number of aliphatic hydroxyl groups excluding tert-OH is 4. The van der Waals surface area contributed by atoms with Gasteiger partial charge in [0, 0.05) is 6.08 Å². The van der Waals surface area contributed by atoms with Crippen LogP contribution in [-0.4, -0.2) is 73.9 Å². The number of phenols is 1. The lowest BCUT2D eigenvalue weighted by Gasteiger charge is -2.39. The molecule has 0 spiro atoms. The van der Waals surface area contributed by atoms with E-state index in [0.29, 0.717) is 5.56 Å². The van der Waals surface area contributed by atoms with E-state index in [2.05, 4.69) is 0 Å². The summed E-state index contributed by atoms with van der Waals surface area (Å²) in [5.74, 6) is -1.59. The van der Waals surface area contributed by atoms with Crippen molar-refractivity contribution >= 4 is 12.0 Å². The zero-order chi connectivity index (χ0) is 17.9. The summed E-state index contributed by atoms with van der Waals surface area (Å²) in [4.78, 5) is 10.5. The van der Waals surface area contributed by atoms with Gasteiger partial charge in [-0.05, 0) is 23.8 Å². The number of phenolic OH excluding ortho intramolecular Hbond substituents is 1. The molecular formula is C15H18O9. The lowest BCUT2D eigenvalue weighted by atomic mass is 9.99. The second kappa shape index (κ2) is 7.60. The summed E-state index contributed by atoms with van der Waals surface area (Å²) < 4.78 is 10.5. The fourth-order valence-corrected chi connectivity index (χ4v) is 2.19. The third-order valence-electron chi connectivity index (χ3n) is 3.49. The van der Waals surface area contributed by atoms with Gasteiger partial charge in [-0.2, -0.15) is 0 Å². The first-order valence-corrected chi connectivity index (χ1v) is 7.04. The van der Waals surface area contributed by atoms with Crippen molar-refractivity contribution in [1.82, 2.24) is 0 Å². The quantitative estimate of drug-likeness (QED) is 0.357. The van der Waals surface area contributed by atoms with Gasteiger partial charge in [0.1, 0.15) is 24.4 Å². The summed E-state index contributed by atoms with van der Waals surface area (Å²) in [6, 6.07) is 3.99. The van der Waals surface area contributed by atoms with E-state index in [1.165, 1.54) is 24.3 Å². The van der Waals surface area contributed by atoms with Crippen molar-refractivity contribution < 1.29 is 44.9 Å². The van der Waals surface area contributed by atoms with Gasteiger partial charge in [0.05, 0.1) is 6.61 Å². The molecule has 1 fully saturated rings. The fourth-order valence-electron chi connectivity index (χ4n) is 2.19. The van der Waals surface area contributed by atoms with Crippen molar-refractivity contribution in [3.8, 4) is 11.5 Å². The van der Waals surface area contributed by atoms with Gasteiger partial charge in [-0.25, -0.2) is 4.79 Å². The number of hydrogen-bond acceptors (Lipinski definition) is 8. The highest BCUT2D eigenvalue weighted by molar-refractivity contribution is 5.85.